The van der Waals surface area contributed by atoms with E-state index in [0.717, 1.165) is 201 Å². The number of nitrogens with one attached hydrogen (secondary N) is 11. The molecule has 1 saturated heterocycles. The van der Waals surface area contributed by atoms with E-state index in [9.17, 15) is 0 Å². The van der Waals surface area contributed by atoms with E-state index in [4.69, 9.17) is 11.5 Å². The molecule has 15 N–H and O–H groups in total. The maximum atomic E-state index is 5.68. The normalized spacial score (nSPS) is 23.6. The lowest BCUT2D eigenvalue weighted by Gasteiger charge is -2.35. The Morgan fingerprint density at radius 1 is 0.368 bits per heavy atom. The monoisotopic (exact) mass is 1720 g/mol. The minimum atomic E-state index is -0.0979. The van der Waals surface area contributed by atoms with Crippen LogP contribution in [0.5, 0.6) is 0 Å². The predicted octanol–water partition coefficient (Wildman–Crippen LogP) is 7.35. The molecule has 14 aliphatic rings. The second kappa shape index (κ2) is 51.6. The van der Waals surface area contributed by atoms with Crippen molar-refractivity contribution in [1.82, 2.24) is 97.7 Å². The molecule has 680 valence electrons. The third-order valence-corrected chi connectivity index (χ3v) is 20.6. The van der Waals surface area contributed by atoms with Gasteiger partial charge in [0.15, 0.2) is 35.8 Å². The summed E-state index contributed by atoms with van der Waals surface area (Å²) in [6.07, 6.45) is 61.1. The number of nitrogens with zero attached hydrogens (tertiary/aromatic N) is 22. The molecule has 0 aromatic carbocycles. The minimum Gasteiger partial charge on any atom is -0.370 e. The lowest BCUT2D eigenvalue weighted by molar-refractivity contribution is 0.412. The Morgan fingerprint density at radius 3 is 1.14 bits per heavy atom. The van der Waals surface area contributed by atoms with Crippen molar-refractivity contribution in [2.75, 3.05) is 137 Å². The number of aliphatic imine (C=N–C) groups is 14. The van der Waals surface area contributed by atoms with Gasteiger partial charge in [0, 0.05) is 137 Å². The minimum absolute atomic E-state index is 0.00871. The highest BCUT2D eigenvalue weighted by molar-refractivity contribution is 6.03. The van der Waals surface area contributed by atoms with Crippen molar-refractivity contribution in [3.63, 3.8) is 0 Å². The predicted molar refractivity (Wildman–Crippen MR) is 524 cm³/mol. The van der Waals surface area contributed by atoms with Crippen LogP contribution in [-0.4, -0.2) is 303 Å². The Hall–Kier alpha value is -12.5. The number of rotatable bonds is 21. The molecule has 7 atom stereocenters. The smallest absolute Gasteiger partial charge is 0.225 e. The van der Waals surface area contributed by atoms with Gasteiger partial charge in [0.25, 0.3) is 0 Å². The molecule has 0 bridgehead atoms. The number of hydrogen-bond acceptors (Lipinski definition) is 28. The van der Waals surface area contributed by atoms with Crippen LogP contribution < -0.4 is 70.0 Å². The first-order valence-corrected chi connectivity index (χ1v) is 43.9. The van der Waals surface area contributed by atoms with Crippen LogP contribution in [0, 0.1) is 0 Å². The quantitative estimate of drug-likeness (QED) is 0.0534. The SMILES string of the molecule is CC1N=C(N(C)C)N(C)C(N(C)CCC2=CCC=C2)=N1.CC1N=C(N(C)C)NC(=NCCC2=CCC=C2)N1.CC1N=C(N(C)C)NC(N(C)CCC2=CCC=C2)=N1.CC1N=C(N)NC(=NCCC2=CCC=C2)N1.CC1N=C(N)NC(N(C)CCC2=CCC=C2)=N1.CN=C1NC(=NCCC2=CCC=C2)NC(C)N1.CNC1=NC(N(C)CCC2=CCC=C2)=NC(C)N1. The molecule has 0 radical (unpaired) electrons. The van der Waals surface area contributed by atoms with E-state index in [2.05, 4.69) is 295 Å². The van der Waals surface area contributed by atoms with E-state index in [-0.39, 0.29) is 43.2 Å². The fraction of sp³-hybridized carbons (Fsp3) is 0.533. The Kier molecular flexibility index (Phi) is 40.4. The first-order valence-electron chi connectivity index (χ1n) is 43.9. The van der Waals surface area contributed by atoms with Crippen molar-refractivity contribution in [3.05, 3.63) is 167 Å². The third kappa shape index (κ3) is 35.4. The molecule has 0 saturated carbocycles. The first kappa shape index (κ1) is 98.0. The molecule has 0 aromatic rings. The highest BCUT2D eigenvalue weighted by atomic mass is 15.5. The van der Waals surface area contributed by atoms with Crippen molar-refractivity contribution in [2.24, 2.45) is 81.4 Å². The summed E-state index contributed by atoms with van der Waals surface area (Å²) in [5.74, 6) is 10.8. The second-order valence-electron chi connectivity index (χ2n) is 32.2. The number of nitrogens with two attached hydrogens (primary N) is 2. The van der Waals surface area contributed by atoms with Crippen LogP contribution >= 0.6 is 0 Å². The van der Waals surface area contributed by atoms with E-state index in [1.54, 1.807) is 7.05 Å². The summed E-state index contributed by atoms with van der Waals surface area (Å²) in [6, 6.07) is 0. The van der Waals surface area contributed by atoms with E-state index in [0.29, 0.717) is 17.9 Å². The molecule has 7 unspecified atom stereocenters. The van der Waals surface area contributed by atoms with Crippen molar-refractivity contribution in [3.8, 4) is 0 Å². The maximum Gasteiger partial charge on any atom is 0.225 e. The molecule has 7 aliphatic heterocycles. The van der Waals surface area contributed by atoms with Crippen LogP contribution in [-0.2, 0) is 0 Å². The van der Waals surface area contributed by atoms with Crippen LogP contribution in [0.4, 0.5) is 0 Å². The standard InChI is InChI=1S/C15H25N5.C14H23N5.2C13H21N5.2C12H19N5.C11H17N5/c1-12-16-14(18(2)3)20(5)15(17-12)19(4)11-10-13-8-6-7-9-13;1-11-15-13(18(2)3)17-14(16-11)19(4)10-9-12-7-5-6-8-12;1-10-15-12(17-13(16-10)18(2)3)14-9-8-11-6-4-5-7-11;1-10-15-12(14-2)17-13(16-10)18(3)9-8-11-6-4-5-7-11;1-9-14-11(13)16-12(15-9)17(2)8-7-10-5-3-4-6-10;1-9-15-11(13-2)17-12(16-9)14-8-7-10-5-3-4-6-10;1-8-14-10(12)16-11(15-8)13-7-6-9-4-2-3-5-9/h6,8-9,12H,7,10-11H2,1-5H3;5,7-8,11H,6,9-10H2,1-4H3,(H,15,16,17);2*4,6-7,10H,5,8-9H2,1-3H3,(H2,14,15,16,17);3,5-6,9H,4,7-8H2,1-2H3,(H3,13,14,15,16);3,5-6,9H,4,7-8H2,1-2H3,(H3,13,14,15,16,17);2,4-5,8H,3,6-7H2,1H3,(H4,12,13,14,15,16). The summed E-state index contributed by atoms with van der Waals surface area (Å²) in [5, 5.41) is 34.3. The average Bonchev–Trinajstić information content (AvgIpc) is 1.73. The van der Waals surface area contributed by atoms with Gasteiger partial charge in [-0.05, 0) is 138 Å². The topological polar surface area (TPSA) is 383 Å². The van der Waals surface area contributed by atoms with Gasteiger partial charge >= 0.3 is 0 Å². The van der Waals surface area contributed by atoms with Gasteiger partial charge in [-0.1, -0.05) is 167 Å². The second-order valence-corrected chi connectivity index (χ2v) is 32.2. The molecule has 7 aliphatic carbocycles. The van der Waals surface area contributed by atoms with E-state index in [1.165, 1.54) is 39.0 Å². The van der Waals surface area contributed by atoms with Crippen molar-refractivity contribution in [2.45, 2.75) is 182 Å². The average molecular weight is 1720 g/mol. The zero-order valence-corrected chi connectivity index (χ0v) is 78.0. The van der Waals surface area contributed by atoms with Gasteiger partial charge < -0.3 is 77.7 Å². The Balaban J connectivity index is 0.000000181. The van der Waals surface area contributed by atoms with E-state index in [1.807, 2.05) is 134 Å². The fourth-order valence-electron chi connectivity index (χ4n) is 13.8. The highest BCUT2D eigenvalue weighted by Crippen LogP contribution is 2.21. The van der Waals surface area contributed by atoms with Gasteiger partial charge in [-0.25, -0.2) is 44.9 Å². The largest absolute Gasteiger partial charge is 0.370 e. The van der Waals surface area contributed by atoms with Crippen molar-refractivity contribution in [1.29, 1.82) is 0 Å². The van der Waals surface area contributed by atoms with Crippen molar-refractivity contribution < 1.29 is 0 Å². The molecular weight excluding hydrogens is 1570 g/mol. The lowest BCUT2D eigenvalue weighted by Crippen LogP contribution is -2.61. The van der Waals surface area contributed by atoms with Crippen LogP contribution in [0.25, 0.3) is 0 Å². The summed E-state index contributed by atoms with van der Waals surface area (Å²) >= 11 is 0. The van der Waals surface area contributed by atoms with Gasteiger partial charge in [-0.15, -0.1) is 0 Å². The highest BCUT2D eigenvalue weighted by Gasteiger charge is 2.26. The molecule has 1 fully saturated rings. The Morgan fingerprint density at radius 2 is 0.728 bits per heavy atom. The summed E-state index contributed by atoms with van der Waals surface area (Å²) in [5.41, 5.74) is 21.0. The lowest BCUT2D eigenvalue weighted by atomic mass is 10.2. The van der Waals surface area contributed by atoms with Gasteiger partial charge in [-0.3, -0.25) is 51.5 Å². The molecule has 0 aromatic heterocycles. The number of guanidine groups is 14. The first-order chi connectivity index (χ1) is 60.0. The Labute approximate surface area is 744 Å². The van der Waals surface area contributed by atoms with Crippen LogP contribution in [0.3, 0.4) is 0 Å². The fourth-order valence-corrected chi connectivity index (χ4v) is 13.8. The zero-order valence-electron chi connectivity index (χ0n) is 78.0. The molecule has 0 spiro atoms. The summed E-state index contributed by atoms with van der Waals surface area (Å²) < 4.78 is 0. The van der Waals surface area contributed by atoms with E-state index < -0.39 is 0 Å². The van der Waals surface area contributed by atoms with Crippen LogP contribution in [0.1, 0.15) is 138 Å². The van der Waals surface area contributed by atoms with Crippen LogP contribution in [0.2, 0.25) is 0 Å². The van der Waals surface area contributed by atoms with Gasteiger partial charge in [0.1, 0.15) is 37.0 Å². The van der Waals surface area contributed by atoms with Gasteiger partial charge in [-0.2, -0.15) is 4.99 Å². The molecule has 14 rings (SSSR count). The molecule has 0 amide bonds. The zero-order chi connectivity index (χ0) is 90.2. The summed E-state index contributed by atoms with van der Waals surface area (Å²) in [7, 11) is 25.8. The van der Waals surface area contributed by atoms with Gasteiger partial charge in [0.05, 0.1) is 6.17 Å². The van der Waals surface area contributed by atoms with Crippen LogP contribution in [0.15, 0.2) is 237 Å². The molecule has 125 heavy (non-hydrogen) atoms. The van der Waals surface area contributed by atoms with Gasteiger partial charge in [0.2, 0.25) is 47.7 Å². The Bertz CT molecular complexity index is 4500. The number of allylic oxidation sites excluding steroid dienone is 21. The molecule has 7 heterocycles. The molecule has 35 nitrogen and oxygen atoms in total. The van der Waals surface area contributed by atoms with Crippen molar-refractivity contribution >= 4 is 83.4 Å². The molecule has 35 heteroatoms. The summed E-state index contributed by atoms with van der Waals surface area (Å²) in [6.45, 7) is 20.0. The summed E-state index contributed by atoms with van der Waals surface area (Å²) in [4.78, 5) is 78.2. The van der Waals surface area contributed by atoms with E-state index >= 15 is 0 Å². The number of hydrogen-bond donors (Lipinski definition) is 13. The maximum absolute atomic E-state index is 5.68. The third-order valence-electron chi connectivity index (χ3n) is 20.6. The molecular formula is C90H145N35.